The number of rotatable bonds is 2. The molecule has 21 heavy (non-hydrogen) atoms. The molecule has 1 aromatic heterocycles. The van der Waals surface area contributed by atoms with Gasteiger partial charge in [0.15, 0.2) is 0 Å². The van der Waals surface area contributed by atoms with E-state index in [4.69, 9.17) is 4.74 Å². The van der Waals surface area contributed by atoms with E-state index in [9.17, 15) is 14.0 Å². The van der Waals surface area contributed by atoms with Crippen molar-refractivity contribution in [3.05, 3.63) is 69.1 Å². The van der Waals surface area contributed by atoms with Gasteiger partial charge in [0.05, 0.1) is 23.7 Å². The molecule has 0 saturated carbocycles. The lowest BCUT2D eigenvalue weighted by atomic mass is 10.2. The zero-order valence-electron chi connectivity index (χ0n) is 11.1. The smallest absolute Gasteiger partial charge is 0.333 e. The van der Waals surface area contributed by atoms with Gasteiger partial charge >= 0.3 is 5.69 Å². The Balaban J connectivity index is 2.38. The molecule has 0 atom stereocenters. The fourth-order valence-corrected chi connectivity index (χ4v) is 2.17. The van der Waals surface area contributed by atoms with Crippen molar-refractivity contribution in [2.75, 3.05) is 7.11 Å². The molecule has 0 radical (unpaired) electrons. The first-order valence-electron chi connectivity index (χ1n) is 6.19. The zero-order valence-corrected chi connectivity index (χ0v) is 11.1. The standard InChI is InChI=1S/C15H11FN2O3/c1-21-11-5-6-13-12(8-11)14(19)18(15(20)17-13)10-4-2-3-9(16)7-10/h2-8H,1H3,(H,17,20). The fraction of sp³-hybridized carbons (Fsp3) is 0.0667. The second kappa shape index (κ2) is 4.90. The summed E-state index contributed by atoms with van der Waals surface area (Å²) in [4.78, 5) is 27.2. The van der Waals surface area contributed by atoms with Crippen molar-refractivity contribution in [2.24, 2.45) is 0 Å². The molecule has 5 nitrogen and oxygen atoms in total. The van der Waals surface area contributed by atoms with E-state index in [1.807, 2.05) is 0 Å². The van der Waals surface area contributed by atoms with Crippen LogP contribution >= 0.6 is 0 Å². The third-order valence-electron chi connectivity index (χ3n) is 3.17. The molecule has 6 heteroatoms. The van der Waals surface area contributed by atoms with Crippen LogP contribution in [0.1, 0.15) is 0 Å². The van der Waals surface area contributed by atoms with Crippen LogP contribution in [0.4, 0.5) is 4.39 Å². The summed E-state index contributed by atoms with van der Waals surface area (Å²) in [5.74, 6) is -0.0259. The van der Waals surface area contributed by atoms with Gasteiger partial charge in [0.1, 0.15) is 11.6 Å². The first kappa shape index (κ1) is 13.1. The van der Waals surface area contributed by atoms with Gasteiger partial charge in [0, 0.05) is 0 Å². The van der Waals surface area contributed by atoms with Gasteiger partial charge in [-0.05, 0) is 36.4 Å². The van der Waals surface area contributed by atoms with E-state index in [2.05, 4.69) is 4.98 Å². The van der Waals surface area contributed by atoms with E-state index in [1.54, 1.807) is 12.1 Å². The van der Waals surface area contributed by atoms with Crippen molar-refractivity contribution < 1.29 is 9.13 Å². The highest BCUT2D eigenvalue weighted by Crippen LogP contribution is 2.16. The van der Waals surface area contributed by atoms with Crippen LogP contribution in [-0.4, -0.2) is 16.7 Å². The molecule has 0 amide bonds. The first-order valence-corrected chi connectivity index (χ1v) is 6.19. The van der Waals surface area contributed by atoms with E-state index in [0.29, 0.717) is 16.7 Å². The van der Waals surface area contributed by atoms with Crippen LogP contribution in [0.2, 0.25) is 0 Å². The largest absolute Gasteiger partial charge is 0.497 e. The number of fused-ring (bicyclic) bond motifs is 1. The summed E-state index contributed by atoms with van der Waals surface area (Å²) in [6.45, 7) is 0. The molecular weight excluding hydrogens is 275 g/mol. The highest BCUT2D eigenvalue weighted by Gasteiger charge is 2.10. The Kier molecular flexibility index (Phi) is 3.06. The minimum absolute atomic E-state index is 0.172. The molecule has 0 aliphatic carbocycles. The predicted molar refractivity (Wildman–Crippen MR) is 76.7 cm³/mol. The molecule has 0 aliphatic rings. The molecule has 1 N–H and O–H groups in total. The fourth-order valence-electron chi connectivity index (χ4n) is 2.17. The molecule has 0 fully saturated rings. The SMILES string of the molecule is COc1ccc2[nH]c(=O)n(-c3cccc(F)c3)c(=O)c2c1. The quantitative estimate of drug-likeness (QED) is 0.781. The number of methoxy groups -OCH3 is 1. The topological polar surface area (TPSA) is 64.1 Å². The molecule has 3 rings (SSSR count). The molecule has 0 saturated heterocycles. The van der Waals surface area contributed by atoms with Crippen LogP contribution in [0.3, 0.4) is 0 Å². The van der Waals surface area contributed by atoms with Crippen LogP contribution in [0.5, 0.6) is 5.75 Å². The van der Waals surface area contributed by atoms with Crippen molar-refractivity contribution in [1.29, 1.82) is 0 Å². The predicted octanol–water partition coefficient (Wildman–Crippen LogP) is 1.83. The molecule has 1 heterocycles. The van der Waals surface area contributed by atoms with Crippen molar-refractivity contribution in [1.82, 2.24) is 9.55 Å². The summed E-state index contributed by atoms with van der Waals surface area (Å²) in [5.41, 5.74) is -0.578. The zero-order chi connectivity index (χ0) is 15.0. The van der Waals surface area contributed by atoms with E-state index in [-0.39, 0.29) is 5.69 Å². The Morgan fingerprint density at radius 1 is 1.14 bits per heavy atom. The molecule has 3 aromatic rings. The Labute approximate surface area is 118 Å². The van der Waals surface area contributed by atoms with Crippen LogP contribution in [0.25, 0.3) is 16.6 Å². The van der Waals surface area contributed by atoms with Gasteiger partial charge in [-0.25, -0.2) is 13.8 Å². The highest BCUT2D eigenvalue weighted by atomic mass is 19.1. The number of hydrogen-bond donors (Lipinski definition) is 1. The first-order chi connectivity index (χ1) is 10.1. The van der Waals surface area contributed by atoms with Crippen LogP contribution in [0.15, 0.2) is 52.1 Å². The Morgan fingerprint density at radius 3 is 2.67 bits per heavy atom. The van der Waals surface area contributed by atoms with Gasteiger partial charge in [-0.1, -0.05) is 6.07 Å². The number of H-pyrrole nitrogens is 1. The maximum absolute atomic E-state index is 13.3. The van der Waals surface area contributed by atoms with Crippen molar-refractivity contribution >= 4 is 10.9 Å². The summed E-state index contributed by atoms with van der Waals surface area (Å²) in [5, 5.41) is 0.290. The molecular formula is C15H11FN2O3. The summed E-state index contributed by atoms with van der Waals surface area (Å²) >= 11 is 0. The van der Waals surface area contributed by atoms with Gasteiger partial charge < -0.3 is 9.72 Å². The number of hydrogen-bond acceptors (Lipinski definition) is 3. The van der Waals surface area contributed by atoms with Gasteiger partial charge in [0.25, 0.3) is 5.56 Å². The molecule has 0 spiro atoms. The third-order valence-corrected chi connectivity index (χ3v) is 3.17. The lowest BCUT2D eigenvalue weighted by Gasteiger charge is -2.07. The van der Waals surface area contributed by atoms with E-state index in [0.717, 1.165) is 10.6 Å². The summed E-state index contributed by atoms with van der Waals surface area (Å²) in [7, 11) is 1.48. The van der Waals surface area contributed by atoms with E-state index < -0.39 is 17.1 Å². The molecule has 0 bridgehead atoms. The number of nitrogens with zero attached hydrogens (tertiary/aromatic N) is 1. The number of aromatic nitrogens is 2. The van der Waals surface area contributed by atoms with Crippen LogP contribution in [0, 0.1) is 5.82 Å². The third kappa shape index (κ3) is 2.20. The molecule has 0 aliphatic heterocycles. The summed E-state index contributed by atoms with van der Waals surface area (Å²) in [6, 6.07) is 10.1. The van der Waals surface area contributed by atoms with Crippen molar-refractivity contribution in [2.45, 2.75) is 0 Å². The molecule has 2 aromatic carbocycles. The average Bonchev–Trinajstić information content (AvgIpc) is 2.47. The highest BCUT2D eigenvalue weighted by molar-refractivity contribution is 5.79. The minimum Gasteiger partial charge on any atom is -0.497 e. The second-order valence-electron chi connectivity index (χ2n) is 4.46. The van der Waals surface area contributed by atoms with Gasteiger partial charge in [-0.15, -0.1) is 0 Å². The lowest BCUT2D eigenvalue weighted by molar-refractivity contribution is 0.415. The molecule has 106 valence electrons. The Morgan fingerprint density at radius 2 is 1.95 bits per heavy atom. The summed E-state index contributed by atoms with van der Waals surface area (Å²) < 4.78 is 19.3. The summed E-state index contributed by atoms with van der Waals surface area (Å²) in [6.07, 6.45) is 0. The maximum atomic E-state index is 13.3. The normalized spacial score (nSPS) is 10.8. The van der Waals surface area contributed by atoms with E-state index in [1.165, 1.54) is 31.4 Å². The monoisotopic (exact) mass is 286 g/mol. The van der Waals surface area contributed by atoms with Gasteiger partial charge in [-0.3, -0.25) is 4.79 Å². The van der Waals surface area contributed by atoms with Gasteiger partial charge in [0.2, 0.25) is 0 Å². The van der Waals surface area contributed by atoms with Gasteiger partial charge in [-0.2, -0.15) is 0 Å². The van der Waals surface area contributed by atoms with Crippen LogP contribution < -0.4 is 16.0 Å². The number of halogens is 1. The lowest BCUT2D eigenvalue weighted by Crippen LogP contribution is -2.33. The van der Waals surface area contributed by atoms with Crippen LogP contribution in [-0.2, 0) is 0 Å². The van der Waals surface area contributed by atoms with Crippen molar-refractivity contribution in [3.8, 4) is 11.4 Å². The Bertz CT molecular complexity index is 944. The van der Waals surface area contributed by atoms with Crippen molar-refractivity contribution in [3.63, 3.8) is 0 Å². The number of aromatic amines is 1. The van der Waals surface area contributed by atoms with E-state index >= 15 is 0 Å². The number of benzene rings is 2. The Hall–Kier alpha value is -2.89. The maximum Gasteiger partial charge on any atom is 0.333 e. The minimum atomic E-state index is -0.622. The molecule has 0 unspecified atom stereocenters. The average molecular weight is 286 g/mol. The number of nitrogens with one attached hydrogen (secondary N) is 1. The second-order valence-corrected chi connectivity index (χ2v) is 4.46. The number of ether oxygens (including phenoxy) is 1.